The van der Waals surface area contributed by atoms with Crippen LogP contribution in [0.1, 0.15) is 0 Å². The third-order valence-corrected chi connectivity index (χ3v) is 1.12. The first-order valence-corrected chi connectivity index (χ1v) is 3.34. The zero-order chi connectivity index (χ0) is 10.3. The first-order chi connectivity index (χ1) is 6.17. The van der Waals surface area contributed by atoms with Crippen LogP contribution in [-0.2, 0) is 4.79 Å². The molecule has 0 radical (unpaired) electrons. The van der Waals surface area contributed by atoms with Gasteiger partial charge in [-0.1, -0.05) is 6.08 Å². The molecule has 0 heterocycles. The van der Waals surface area contributed by atoms with E-state index in [1.807, 2.05) is 0 Å². The zero-order valence-corrected chi connectivity index (χ0v) is 6.84. The number of hydrogen-bond donors (Lipinski definition) is 1. The van der Waals surface area contributed by atoms with E-state index in [1.54, 1.807) is 0 Å². The fourth-order valence-corrected chi connectivity index (χ4v) is 0.581. The number of carbonyl (C=O) groups excluding carboxylic acids is 1. The third kappa shape index (κ3) is 3.28. The Bertz CT molecular complexity index is 281. The number of nitro groups is 1. The standard InChI is InChI=1S/C7H9N3O3/c1-2-3-9-6(5-11)7(4-8)10(12)13/h2,4-5H,1,3,8H2. The lowest BCUT2D eigenvalue weighted by Gasteiger charge is -1.93. The molecule has 2 N–H and O–H groups in total. The Labute approximate surface area is 74.6 Å². The number of rotatable bonds is 5. The molecule has 0 atom stereocenters. The highest BCUT2D eigenvalue weighted by Crippen LogP contribution is 1.96. The van der Waals surface area contributed by atoms with Gasteiger partial charge in [-0.15, -0.1) is 6.58 Å². The lowest BCUT2D eigenvalue weighted by molar-refractivity contribution is -0.415. The molecule has 0 fully saturated rings. The molecule has 70 valence electrons. The van der Waals surface area contributed by atoms with Gasteiger partial charge in [-0.05, 0) is 0 Å². The quantitative estimate of drug-likeness (QED) is 0.211. The Hall–Kier alpha value is -1.98. The molecule has 0 unspecified atom stereocenters. The molecule has 0 aliphatic heterocycles. The molecule has 0 spiro atoms. The number of aldehydes is 1. The summed E-state index contributed by atoms with van der Waals surface area (Å²) < 4.78 is 0. The highest BCUT2D eigenvalue weighted by Gasteiger charge is 2.16. The van der Waals surface area contributed by atoms with E-state index in [-0.39, 0.29) is 18.5 Å². The molecule has 13 heavy (non-hydrogen) atoms. The lowest BCUT2D eigenvalue weighted by atomic mass is 10.3. The molecular formula is C7H9N3O3. The van der Waals surface area contributed by atoms with Crippen molar-refractivity contribution in [2.75, 3.05) is 6.54 Å². The second kappa shape index (κ2) is 5.64. The van der Waals surface area contributed by atoms with Gasteiger partial charge in [0.05, 0.1) is 17.7 Å². The van der Waals surface area contributed by atoms with Crippen LogP contribution in [0.15, 0.2) is 29.5 Å². The van der Waals surface area contributed by atoms with E-state index >= 15 is 0 Å². The van der Waals surface area contributed by atoms with Crippen molar-refractivity contribution in [2.24, 2.45) is 10.7 Å². The summed E-state index contributed by atoms with van der Waals surface area (Å²) in [6, 6.07) is 0. The van der Waals surface area contributed by atoms with Crippen LogP contribution in [0.2, 0.25) is 0 Å². The van der Waals surface area contributed by atoms with Gasteiger partial charge in [-0.25, -0.2) is 0 Å². The minimum absolute atomic E-state index is 0.138. The average Bonchev–Trinajstić information content (AvgIpc) is 2.11. The topological polar surface area (TPSA) is 98.6 Å². The summed E-state index contributed by atoms with van der Waals surface area (Å²) >= 11 is 0. The molecule has 6 heteroatoms. The molecular weight excluding hydrogens is 174 g/mol. The van der Waals surface area contributed by atoms with Crippen LogP contribution in [0.25, 0.3) is 0 Å². The first kappa shape index (κ1) is 11.0. The minimum Gasteiger partial charge on any atom is -0.399 e. The average molecular weight is 183 g/mol. The number of hydrogen-bond acceptors (Lipinski definition) is 5. The van der Waals surface area contributed by atoms with Crippen molar-refractivity contribution in [1.82, 2.24) is 0 Å². The monoisotopic (exact) mass is 183 g/mol. The van der Waals surface area contributed by atoms with Crippen LogP contribution in [-0.4, -0.2) is 23.5 Å². The van der Waals surface area contributed by atoms with Gasteiger partial charge in [0.15, 0.2) is 12.0 Å². The maximum atomic E-state index is 10.3. The van der Waals surface area contributed by atoms with Gasteiger partial charge >= 0.3 is 5.70 Å². The lowest BCUT2D eigenvalue weighted by Crippen LogP contribution is -2.15. The summed E-state index contributed by atoms with van der Waals surface area (Å²) in [4.78, 5) is 23.5. The molecule has 0 rings (SSSR count). The van der Waals surface area contributed by atoms with Crippen molar-refractivity contribution in [3.05, 3.63) is 34.7 Å². The maximum absolute atomic E-state index is 10.3. The SMILES string of the molecule is C=CCN=C(C=O)C(=CN)[N+](=O)[O-]. The molecule has 0 aromatic heterocycles. The highest BCUT2D eigenvalue weighted by molar-refractivity contribution is 6.35. The molecule has 0 aliphatic rings. The van der Waals surface area contributed by atoms with Gasteiger partial charge in [-0.2, -0.15) is 0 Å². The molecule has 0 amide bonds. The smallest absolute Gasteiger partial charge is 0.313 e. The van der Waals surface area contributed by atoms with Gasteiger partial charge in [-0.3, -0.25) is 19.9 Å². The predicted molar refractivity (Wildman–Crippen MR) is 47.8 cm³/mol. The van der Waals surface area contributed by atoms with E-state index in [4.69, 9.17) is 5.73 Å². The molecule has 0 aliphatic carbocycles. The molecule has 0 aromatic rings. The van der Waals surface area contributed by atoms with Crippen molar-refractivity contribution in [2.45, 2.75) is 0 Å². The second-order valence-electron chi connectivity index (χ2n) is 1.94. The van der Waals surface area contributed by atoms with Gasteiger partial charge in [0.2, 0.25) is 0 Å². The van der Waals surface area contributed by atoms with E-state index < -0.39 is 10.6 Å². The van der Waals surface area contributed by atoms with Crippen LogP contribution in [0.4, 0.5) is 0 Å². The van der Waals surface area contributed by atoms with Gasteiger partial charge in [0, 0.05) is 0 Å². The molecule has 0 aromatic carbocycles. The van der Waals surface area contributed by atoms with Gasteiger partial charge < -0.3 is 5.73 Å². The fraction of sp³-hybridized carbons (Fsp3) is 0.143. The number of allylic oxidation sites excluding steroid dienone is 1. The largest absolute Gasteiger partial charge is 0.399 e. The predicted octanol–water partition coefficient (Wildman–Crippen LogP) is -0.111. The Kier molecular flexibility index (Phi) is 4.78. The second-order valence-corrected chi connectivity index (χ2v) is 1.94. The Morgan fingerprint density at radius 3 is 2.62 bits per heavy atom. The van der Waals surface area contributed by atoms with Crippen molar-refractivity contribution in [3.63, 3.8) is 0 Å². The minimum atomic E-state index is -0.768. The maximum Gasteiger partial charge on any atom is 0.313 e. The first-order valence-electron chi connectivity index (χ1n) is 3.34. The Morgan fingerprint density at radius 1 is 1.69 bits per heavy atom. The zero-order valence-electron chi connectivity index (χ0n) is 6.84. The normalized spacial score (nSPS) is 12.3. The van der Waals surface area contributed by atoms with E-state index in [0.29, 0.717) is 0 Å². The van der Waals surface area contributed by atoms with E-state index in [0.717, 1.165) is 6.20 Å². The fourth-order valence-electron chi connectivity index (χ4n) is 0.581. The molecule has 0 saturated carbocycles. The van der Waals surface area contributed by atoms with E-state index in [2.05, 4.69) is 11.6 Å². The molecule has 0 saturated heterocycles. The van der Waals surface area contributed by atoms with Crippen LogP contribution >= 0.6 is 0 Å². The van der Waals surface area contributed by atoms with Crippen LogP contribution in [0, 0.1) is 10.1 Å². The van der Waals surface area contributed by atoms with Gasteiger partial charge in [0.1, 0.15) is 0 Å². The van der Waals surface area contributed by atoms with Crippen molar-refractivity contribution in [1.29, 1.82) is 0 Å². The molecule has 6 nitrogen and oxygen atoms in total. The Balaban J connectivity index is 4.84. The van der Waals surface area contributed by atoms with Crippen molar-refractivity contribution in [3.8, 4) is 0 Å². The van der Waals surface area contributed by atoms with Gasteiger partial charge in [0.25, 0.3) is 0 Å². The summed E-state index contributed by atoms with van der Waals surface area (Å²) in [5.74, 6) is 0. The third-order valence-electron chi connectivity index (χ3n) is 1.12. The summed E-state index contributed by atoms with van der Waals surface area (Å²) in [5, 5.41) is 10.3. The van der Waals surface area contributed by atoms with Crippen LogP contribution < -0.4 is 5.73 Å². The number of aliphatic imine (C=N–C) groups is 1. The summed E-state index contributed by atoms with van der Waals surface area (Å²) in [6.45, 7) is 3.49. The molecule has 0 bridgehead atoms. The highest BCUT2D eigenvalue weighted by atomic mass is 16.6. The van der Waals surface area contributed by atoms with Crippen LogP contribution in [0.5, 0.6) is 0 Å². The van der Waals surface area contributed by atoms with E-state index in [9.17, 15) is 14.9 Å². The Morgan fingerprint density at radius 2 is 2.31 bits per heavy atom. The number of nitrogens with two attached hydrogens (primary N) is 1. The number of carbonyl (C=O) groups is 1. The number of nitrogens with zero attached hydrogens (tertiary/aromatic N) is 2. The van der Waals surface area contributed by atoms with Crippen LogP contribution in [0.3, 0.4) is 0 Å². The van der Waals surface area contributed by atoms with Crippen molar-refractivity contribution >= 4 is 12.0 Å². The summed E-state index contributed by atoms with van der Waals surface area (Å²) in [6.07, 6.45) is 2.43. The van der Waals surface area contributed by atoms with E-state index in [1.165, 1.54) is 6.08 Å². The summed E-state index contributed by atoms with van der Waals surface area (Å²) in [7, 11) is 0. The van der Waals surface area contributed by atoms with Crippen molar-refractivity contribution < 1.29 is 9.72 Å². The summed E-state index contributed by atoms with van der Waals surface area (Å²) in [5.41, 5.74) is 4.16.